The molecule has 3 N–H and O–H groups in total. The van der Waals surface area contributed by atoms with Gasteiger partial charge >= 0.3 is 0 Å². The highest BCUT2D eigenvalue weighted by atomic mass is 16.5. The molecule has 3 rings (SSSR count). The van der Waals surface area contributed by atoms with E-state index in [1.807, 2.05) is 31.1 Å². The van der Waals surface area contributed by atoms with Gasteiger partial charge < -0.3 is 25.2 Å². The standard InChI is InChI=1S/C21H32N4O3/c1-24(2)19-8-7-17(23-20(26)16-5-3-4-6-16)15-18(19)21(27)22-9-10-25-11-13-28-14-12-25/h7-8,15-16H,3-6,9-14H2,1-2H3,(H,22,27)(H,23,26)/p+1. The molecule has 0 unspecified atom stereocenters. The number of hydrogen-bond acceptors (Lipinski definition) is 4. The maximum Gasteiger partial charge on any atom is 0.253 e. The Bertz CT molecular complexity index is 680. The van der Waals surface area contributed by atoms with Gasteiger partial charge in [-0.1, -0.05) is 12.8 Å². The van der Waals surface area contributed by atoms with Crippen molar-refractivity contribution in [2.45, 2.75) is 25.7 Å². The number of hydrogen-bond donors (Lipinski definition) is 3. The van der Waals surface area contributed by atoms with Crippen LogP contribution in [0.3, 0.4) is 0 Å². The number of nitrogens with zero attached hydrogens (tertiary/aromatic N) is 1. The Morgan fingerprint density at radius 2 is 1.89 bits per heavy atom. The largest absolute Gasteiger partial charge is 0.377 e. The van der Waals surface area contributed by atoms with E-state index in [0.717, 1.165) is 64.2 Å². The van der Waals surface area contributed by atoms with Crippen molar-refractivity contribution in [1.29, 1.82) is 0 Å². The summed E-state index contributed by atoms with van der Waals surface area (Å²) < 4.78 is 5.37. The average molecular weight is 390 g/mol. The van der Waals surface area contributed by atoms with Crippen LogP contribution in [0, 0.1) is 5.92 Å². The number of morpholine rings is 1. The summed E-state index contributed by atoms with van der Waals surface area (Å²) in [5.74, 6) is 0.0630. The number of amides is 2. The quantitative estimate of drug-likeness (QED) is 0.636. The minimum absolute atomic E-state index is 0.0670. The van der Waals surface area contributed by atoms with Gasteiger partial charge in [0.1, 0.15) is 13.1 Å². The molecule has 0 radical (unpaired) electrons. The summed E-state index contributed by atoms with van der Waals surface area (Å²) in [7, 11) is 3.83. The van der Waals surface area contributed by atoms with Crippen molar-refractivity contribution in [2.75, 3.05) is 63.7 Å². The highest BCUT2D eigenvalue weighted by molar-refractivity contribution is 6.02. The number of quaternary nitrogens is 1. The van der Waals surface area contributed by atoms with Gasteiger partial charge in [-0.15, -0.1) is 0 Å². The molecule has 7 heteroatoms. The van der Waals surface area contributed by atoms with E-state index >= 15 is 0 Å². The molecule has 1 aromatic rings. The molecule has 2 amide bonds. The number of ether oxygens (including phenoxy) is 1. The Morgan fingerprint density at radius 1 is 1.18 bits per heavy atom. The zero-order chi connectivity index (χ0) is 19.9. The van der Waals surface area contributed by atoms with E-state index in [0.29, 0.717) is 17.8 Å². The average Bonchev–Trinajstić information content (AvgIpc) is 3.23. The number of anilines is 2. The second-order valence-corrected chi connectivity index (χ2v) is 7.97. The van der Waals surface area contributed by atoms with Gasteiger partial charge in [0.15, 0.2) is 0 Å². The van der Waals surface area contributed by atoms with E-state index in [1.165, 1.54) is 4.90 Å². The van der Waals surface area contributed by atoms with Crippen LogP contribution in [0.1, 0.15) is 36.0 Å². The molecule has 1 heterocycles. The molecule has 0 spiro atoms. The van der Waals surface area contributed by atoms with Crippen LogP contribution in [-0.2, 0) is 9.53 Å². The fraction of sp³-hybridized carbons (Fsp3) is 0.619. The van der Waals surface area contributed by atoms with E-state index in [2.05, 4.69) is 10.6 Å². The zero-order valence-corrected chi connectivity index (χ0v) is 17.1. The third-order valence-electron chi connectivity index (χ3n) is 5.68. The Balaban J connectivity index is 1.62. The van der Waals surface area contributed by atoms with Crippen LogP contribution < -0.4 is 20.4 Å². The molecule has 1 saturated carbocycles. The molecule has 1 aromatic carbocycles. The van der Waals surface area contributed by atoms with Gasteiger partial charge in [0.25, 0.3) is 5.91 Å². The summed E-state index contributed by atoms with van der Waals surface area (Å²) in [6, 6.07) is 5.56. The van der Waals surface area contributed by atoms with Crippen molar-refractivity contribution in [3.63, 3.8) is 0 Å². The lowest BCUT2D eigenvalue weighted by Crippen LogP contribution is -3.14. The molecule has 2 aliphatic rings. The number of rotatable bonds is 7. The number of benzene rings is 1. The van der Waals surface area contributed by atoms with Gasteiger partial charge in [-0.25, -0.2) is 0 Å². The smallest absolute Gasteiger partial charge is 0.253 e. The first-order chi connectivity index (χ1) is 13.5. The SMILES string of the molecule is CN(C)c1ccc(NC(=O)C2CCCC2)cc1C(=O)NCC[NH+]1CCOCC1. The summed E-state index contributed by atoms with van der Waals surface area (Å²) in [6.45, 7) is 5.07. The molecule has 0 bridgehead atoms. The summed E-state index contributed by atoms with van der Waals surface area (Å²) in [6.07, 6.45) is 4.16. The molecule has 1 aliphatic carbocycles. The fourth-order valence-electron chi connectivity index (χ4n) is 3.98. The van der Waals surface area contributed by atoms with Gasteiger partial charge in [-0.3, -0.25) is 9.59 Å². The maximum absolute atomic E-state index is 12.8. The highest BCUT2D eigenvalue weighted by Gasteiger charge is 2.23. The molecule has 0 aromatic heterocycles. The maximum atomic E-state index is 12.8. The number of carbonyl (C=O) groups excluding carboxylic acids is 2. The van der Waals surface area contributed by atoms with Crippen molar-refractivity contribution < 1.29 is 19.2 Å². The minimum Gasteiger partial charge on any atom is -0.377 e. The summed E-state index contributed by atoms with van der Waals surface area (Å²) in [5.41, 5.74) is 2.12. The lowest BCUT2D eigenvalue weighted by Gasteiger charge is -2.24. The second-order valence-electron chi connectivity index (χ2n) is 7.97. The topological polar surface area (TPSA) is 75.1 Å². The zero-order valence-electron chi connectivity index (χ0n) is 17.1. The van der Waals surface area contributed by atoms with Crippen LogP contribution >= 0.6 is 0 Å². The Morgan fingerprint density at radius 3 is 2.57 bits per heavy atom. The van der Waals surface area contributed by atoms with Gasteiger partial charge in [-0.05, 0) is 31.0 Å². The van der Waals surface area contributed by atoms with Gasteiger partial charge in [-0.2, -0.15) is 0 Å². The first-order valence-electron chi connectivity index (χ1n) is 10.4. The fourth-order valence-corrected chi connectivity index (χ4v) is 3.98. The Labute approximate surface area is 167 Å². The van der Waals surface area contributed by atoms with Crippen molar-refractivity contribution >= 4 is 23.2 Å². The second kappa shape index (κ2) is 9.89. The molecule has 0 atom stereocenters. The van der Waals surface area contributed by atoms with Crippen molar-refractivity contribution in [3.8, 4) is 0 Å². The van der Waals surface area contributed by atoms with E-state index in [4.69, 9.17) is 4.74 Å². The lowest BCUT2D eigenvalue weighted by molar-refractivity contribution is -0.906. The van der Waals surface area contributed by atoms with E-state index < -0.39 is 0 Å². The summed E-state index contributed by atoms with van der Waals surface area (Å²) >= 11 is 0. The molecule has 28 heavy (non-hydrogen) atoms. The number of nitrogens with one attached hydrogen (secondary N) is 3. The third-order valence-corrected chi connectivity index (χ3v) is 5.68. The molecule has 1 aliphatic heterocycles. The molecule has 7 nitrogen and oxygen atoms in total. The molecular formula is C21H33N4O3+. The summed E-state index contributed by atoms with van der Waals surface area (Å²) in [5, 5.41) is 6.03. The van der Waals surface area contributed by atoms with Crippen molar-refractivity contribution in [3.05, 3.63) is 23.8 Å². The minimum atomic E-state index is -0.103. The monoisotopic (exact) mass is 389 g/mol. The summed E-state index contributed by atoms with van der Waals surface area (Å²) in [4.78, 5) is 28.6. The van der Waals surface area contributed by atoms with E-state index in [1.54, 1.807) is 6.07 Å². The predicted molar refractivity (Wildman–Crippen MR) is 110 cm³/mol. The lowest BCUT2D eigenvalue weighted by atomic mass is 10.1. The van der Waals surface area contributed by atoms with Crippen LogP contribution in [0.4, 0.5) is 11.4 Å². The molecule has 2 fully saturated rings. The Hall–Kier alpha value is -2.12. The van der Waals surface area contributed by atoms with Gasteiger partial charge in [0.05, 0.1) is 31.9 Å². The third kappa shape index (κ3) is 5.45. The van der Waals surface area contributed by atoms with Gasteiger partial charge in [0.2, 0.25) is 5.91 Å². The first-order valence-corrected chi connectivity index (χ1v) is 10.4. The van der Waals surface area contributed by atoms with Crippen LogP contribution in [0.15, 0.2) is 18.2 Å². The van der Waals surface area contributed by atoms with Crippen LogP contribution in [-0.4, -0.2) is 65.3 Å². The Kier molecular flexibility index (Phi) is 7.28. The first kappa shape index (κ1) is 20.6. The van der Waals surface area contributed by atoms with E-state index in [-0.39, 0.29) is 17.7 Å². The highest BCUT2D eigenvalue weighted by Crippen LogP contribution is 2.27. The van der Waals surface area contributed by atoms with Crippen molar-refractivity contribution in [1.82, 2.24) is 5.32 Å². The van der Waals surface area contributed by atoms with Crippen LogP contribution in [0.2, 0.25) is 0 Å². The molecule has 1 saturated heterocycles. The molecular weight excluding hydrogens is 356 g/mol. The predicted octanol–water partition coefficient (Wildman–Crippen LogP) is 0.526. The van der Waals surface area contributed by atoms with Crippen LogP contribution in [0.25, 0.3) is 0 Å². The molecule has 154 valence electrons. The normalized spacial score (nSPS) is 18.1. The van der Waals surface area contributed by atoms with Gasteiger partial charge in [0, 0.05) is 31.4 Å². The van der Waals surface area contributed by atoms with Crippen molar-refractivity contribution in [2.24, 2.45) is 5.92 Å². The van der Waals surface area contributed by atoms with E-state index in [9.17, 15) is 9.59 Å². The van der Waals surface area contributed by atoms with Crippen LogP contribution in [0.5, 0.6) is 0 Å². The number of carbonyl (C=O) groups is 2.